The molecule has 1 aromatic rings. The Balaban J connectivity index is 2.00. The largest absolute Gasteiger partial charge is 0.490 e. The molecule has 1 N–H and O–H groups in total. The summed E-state index contributed by atoms with van der Waals surface area (Å²) in [6.07, 6.45) is 1.66. The number of ether oxygens (including phenoxy) is 3. The monoisotopic (exact) mass is 364 g/mol. The summed E-state index contributed by atoms with van der Waals surface area (Å²) in [5, 5.41) is 2.52. The summed E-state index contributed by atoms with van der Waals surface area (Å²) in [6.45, 7) is 5.18. The summed E-state index contributed by atoms with van der Waals surface area (Å²) in [6, 6.07) is 4.26. The lowest BCUT2D eigenvalue weighted by atomic mass is 10.2. The van der Waals surface area contributed by atoms with Gasteiger partial charge in [-0.25, -0.2) is 9.59 Å². The molecule has 3 amide bonds. The van der Waals surface area contributed by atoms with Crippen molar-refractivity contribution in [2.24, 2.45) is 0 Å². The van der Waals surface area contributed by atoms with Crippen LogP contribution >= 0.6 is 0 Å². The van der Waals surface area contributed by atoms with E-state index in [1.807, 2.05) is 13.8 Å². The van der Waals surface area contributed by atoms with Gasteiger partial charge in [-0.2, -0.15) is 0 Å². The van der Waals surface area contributed by atoms with Crippen LogP contribution in [0.3, 0.4) is 0 Å². The second kappa shape index (κ2) is 9.65. The molecule has 1 aliphatic heterocycles. The minimum absolute atomic E-state index is 0.249. The first-order chi connectivity index (χ1) is 12.6. The van der Waals surface area contributed by atoms with Gasteiger partial charge >= 0.3 is 12.0 Å². The molecule has 0 unspecified atom stereocenters. The molecule has 1 fully saturated rings. The normalized spacial score (nSPS) is 13.3. The molecule has 1 aromatic carbocycles. The van der Waals surface area contributed by atoms with E-state index in [0.717, 1.165) is 17.7 Å². The van der Waals surface area contributed by atoms with Crippen LogP contribution in [-0.4, -0.2) is 55.7 Å². The number of carbonyl (C=O) groups is 3. The number of amides is 3. The number of hydrogen-bond acceptors (Lipinski definition) is 6. The first-order valence-corrected chi connectivity index (χ1v) is 8.71. The maximum Gasteiger partial charge on any atom is 0.338 e. The van der Waals surface area contributed by atoms with Crippen LogP contribution in [0.1, 0.15) is 37.0 Å². The van der Waals surface area contributed by atoms with Crippen molar-refractivity contribution in [2.45, 2.75) is 26.7 Å². The molecule has 2 rings (SSSR count). The highest BCUT2D eigenvalue weighted by Gasteiger charge is 2.27. The smallest absolute Gasteiger partial charge is 0.338 e. The SMILES string of the molecule is CCCOc1ccc(C(=O)OCC(=O)N2CCNC2=O)cc1OCCC. The van der Waals surface area contributed by atoms with Gasteiger partial charge in [0.15, 0.2) is 18.1 Å². The molecule has 1 aliphatic rings. The number of hydrogen-bond donors (Lipinski definition) is 1. The summed E-state index contributed by atoms with van der Waals surface area (Å²) in [5.74, 6) is -0.207. The van der Waals surface area contributed by atoms with Gasteiger partial charge in [-0.15, -0.1) is 0 Å². The zero-order chi connectivity index (χ0) is 18.9. The van der Waals surface area contributed by atoms with E-state index in [-0.39, 0.29) is 12.1 Å². The Morgan fingerprint density at radius 3 is 2.42 bits per heavy atom. The number of benzene rings is 1. The predicted molar refractivity (Wildman–Crippen MR) is 93.4 cm³/mol. The van der Waals surface area contributed by atoms with Crippen LogP contribution in [0.15, 0.2) is 18.2 Å². The highest BCUT2D eigenvalue weighted by Crippen LogP contribution is 2.29. The maximum atomic E-state index is 12.2. The van der Waals surface area contributed by atoms with Crippen molar-refractivity contribution in [1.82, 2.24) is 10.2 Å². The van der Waals surface area contributed by atoms with E-state index in [2.05, 4.69) is 5.32 Å². The molecule has 0 spiro atoms. The topological polar surface area (TPSA) is 94.2 Å². The number of nitrogens with one attached hydrogen (secondary N) is 1. The molecule has 1 heterocycles. The zero-order valence-corrected chi connectivity index (χ0v) is 15.1. The highest BCUT2D eigenvalue weighted by molar-refractivity contribution is 5.98. The van der Waals surface area contributed by atoms with Crippen LogP contribution in [0.5, 0.6) is 11.5 Å². The summed E-state index contributed by atoms with van der Waals surface area (Å²) in [4.78, 5) is 36.6. The molecule has 8 nitrogen and oxygen atoms in total. The van der Waals surface area contributed by atoms with Crippen molar-refractivity contribution in [2.75, 3.05) is 32.9 Å². The average molecular weight is 364 g/mol. The van der Waals surface area contributed by atoms with Gasteiger partial charge < -0.3 is 19.5 Å². The minimum Gasteiger partial charge on any atom is -0.490 e. The van der Waals surface area contributed by atoms with Gasteiger partial charge in [0.05, 0.1) is 18.8 Å². The highest BCUT2D eigenvalue weighted by atomic mass is 16.5. The summed E-state index contributed by atoms with van der Waals surface area (Å²) in [7, 11) is 0. The lowest BCUT2D eigenvalue weighted by molar-refractivity contribution is -0.130. The van der Waals surface area contributed by atoms with Crippen LogP contribution < -0.4 is 14.8 Å². The Hall–Kier alpha value is -2.77. The molecule has 26 heavy (non-hydrogen) atoms. The minimum atomic E-state index is -0.665. The van der Waals surface area contributed by atoms with Crippen LogP contribution in [0.25, 0.3) is 0 Å². The number of nitrogens with zero attached hydrogens (tertiary/aromatic N) is 1. The third kappa shape index (κ3) is 5.11. The number of urea groups is 1. The van der Waals surface area contributed by atoms with E-state index in [9.17, 15) is 14.4 Å². The van der Waals surface area contributed by atoms with Crippen molar-refractivity contribution < 1.29 is 28.6 Å². The Labute approximate surface area is 152 Å². The molecule has 8 heteroatoms. The second-order valence-electron chi connectivity index (χ2n) is 5.71. The molecule has 0 radical (unpaired) electrons. The summed E-state index contributed by atoms with van der Waals surface area (Å²) >= 11 is 0. The van der Waals surface area contributed by atoms with Gasteiger partial charge in [-0.1, -0.05) is 13.8 Å². The number of imide groups is 1. The first kappa shape index (κ1) is 19.6. The van der Waals surface area contributed by atoms with Gasteiger partial charge in [-0.3, -0.25) is 9.69 Å². The summed E-state index contributed by atoms with van der Waals surface area (Å²) < 4.78 is 16.3. The number of carbonyl (C=O) groups excluding carboxylic acids is 3. The third-order valence-corrected chi connectivity index (χ3v) is 3.59. The quantitative estimate of drug-likeness (QED) is 0.673. The molecule has 0 aromatic heterocycles. The lowest BCUT2D eigenvalue weighted by Crippen LogP contribution is -2.37. The Bertz CT molecular complexity index is 661. The van der Waals surface area contributed by atoms with Crippen molar-refractivity contribution >= 4 is 17.9 Å². The fraction of sp³-hybridized carbons (Fsp3) is 0.500. The Kier molecular flexibility index (Phi) is 7.25. The van der Waals surface area contributed by atoms with Crippen molar-refractivity contribution in [3.05, 3.63) is 23.8 Å². The van der Waals surface area contributed by atoms with Crippen LogP contribution in [0, 0.1) is 0 Å². The Morgan fingerprint density at radius 1 is 1.12 bits per heavy atom. The van der Waals surface area contributed by atoms with Gasteiger partial charge in [0.25, 0.3) is 5.91 Å². The van der Waals surface area contributed by atoms with Crippen LogP contribution in [0.2, 0.25) is 0 Å². The fourth-order valence-electron chi connectivity index (χ4n) is 2.29. The van der Waals surface area contributed by atoms with Crippen LogP contribution in [0.4, 0.5) is 4.79 Å². The standard InChI is InChI=1S/C18H24N2O6/c1-3-9-24-14-6-5-13(11-15(14)25-10-4-2)17(22)26-12-16(21)20-8-7-19-18(20)23/h5-6,11H,3-4,7-10,12H2,1-2H3,(H,19,23). The molecular weight excluding hydrogens is 340 g/mol. The molecular formula is C18H24N2O6. The van der Waals surface area contributed by atoms with Gasteiger partial charge in [0.1, 0.15) is 0 Å². The second-order valence-corrected chi connectivity index (χ2v) is 5.71. The molecule has 0 bridgehead atoms. The molecule has 0 aliphatic carbocycles. The zero-order valence-electron chi connectivity index (χ0n) is 15.1. The van der Waals surface area contributed by atoms with Crippen molar-refractivity contribution in [1.29, 1.82) is 0 Å². The van der Waals surface area contributed by atoms with Crippen molar-refractivity contribution in [3.63, 3.8) is 0 Å². The predicted octanol–water partition coefficient (Wildman–Crippen LogP) is 1.97. The van der Waals surface area contributed by atoms with E-state index in [1.54, 1.807) is 12.1 Å². The van der Waals surface area contributed by atoms with E-state index in [4.69, 9.17) is 14.2 Å². The molecule has 1 saturated heterocycles. The number of rotatable bonds is 9. The average Bonchev–Trinajstić information content (AvgIpc) is 3.08. The van der Waals surface area contributed by atoms with E-state index in [0.29, 0.717) is 31.3 Å². The van der Waals surface area contributed by atoms with Crippen LogP contribution in [-0.2, 0) is 9.53 Å². The van der Waals surface area contributed by atoms with E-state index >= 15 is 0 Å². The van der Waals surface area contributed by atoms with Gasteiger partial charge in [0.2, 0.25) is 0 Å². The van der Waals surface area contributed by atoms with Gasteiger partial charge in [0, 0.05) is 13.1 Å². The molecule has 0 saturated carbocycles. The molecule has 0 atom stereocenters. The number of esters is 1. The maximum absolute atomic E-state index is 12.2. The van der Waals surface area contributed by atoms with Gasteiger partial charge in [-0.05, 0) is 31.0 Å². The van der Waals surface area contributed by atoms with Crippen molar-refractivity contribution in [3.8, 4) is 11.5 Å². The third-order valence-electron chi connectivity index (χ3n) is 3.59. The summed E-state index contributed by atoms with van der Waals surface area (Å²) in [5.41, 5.74) is 0.249. The fourth-order valence-corrected chi connectivity index (χ4v) is 2.29. The van der Waals surface area contributed by atoms with E-state index in [1.165, 1.54) is 6.07 Å². The van der Waals surface area contributed by atoms with E-state index < -0.39 is 24.5 Å². The Morgan fingerprint density at radius 2 is 1.81 bits per heavy atom. The molecule has 142 valence electrons. The lowest BCUT2D eigenvalue weighted by Gasteiger charge is -2.14. The first-order valence-electron chi connectivity index (χ1n) is 8.71.